The van der Waals surface area contributed by atoms with E-state index in [1.807, 2.05) is 0 Å². The van der Waals surface area contributed by atoms with Gasteiger partial charge in [-0.25, -0.2) is 0 Å². The lowest BCUT2D eigenvalue weighted by atomic mass is 10.2. The molecule has 24 heavy (non-hydrogen) atoms. The molecule has 0 radical (unpaired) electrons. The second-order valence-electron chi connectivity index (χ2n) is 5.10. The minimum atomic E-state index is -0.380. The molecule has 0 spiro atoms. The molecule has 1 heterocycles. The van der Waals surface area contributed by atoms with Gasteiger partial charge < -0.3 is 19.5 Å². The summed E-state index contributed by atoms with van der Waals surface area (Å²) in [5, 5.41) is 6.72. The number of benzene rings is 1. The number of carbonyl (C=O) groups is 2. The Kier molecular flexibility index (Phi) is 6.34. The number of aromatic nitrogens is 1. The number of ether oxygens (including phenoxy) is 1. The molecule has 0 aliphatic heterocycles. The minimum Gasteiger partial charge on any atom is -0.383 e. The average Bonchev–Trinajstić information content (AvgIpc) is 2.95. The van der Waals surface area contributed by atoms with Crippen LogP contribution in [0.3, 0.4) is 0 Å². The van der Waals surface area contributed by atoms with Crippen molar-refractivity contribution in [3.63, 3.8) is 0 Å². The standard InChI is InChI=1S/C16H18ClN3O4/c1-11-8-14(19-24-11)18-15(21)10-20(6-7-23-2)16(22)12-4-3-5-13(17)9-12/h3-5,8-9H,6-7,10H2,1-2H3,(H,18,19,21). The zero-order valence-electron chi connectivity index (χ0n) is 13.4. The van der Waals surface area contributed by atoms with Crippen LogP contribution in [0.2, 0.25) is 5.02 Å². The molecule has 2 rings (SSSR count). The van der Waals surface area contributed by atoms with E-state index in [-0.39, 0.29) is 24.9 Å². The van der Waals surface area contributed by atoms with E-state index in [1.165, 1.54) is 12.0 Å². The number of nitrogens with zero attached hydrogens (tertiary/aromatic N) is 2. The van der Waals surface area contributed by atoms with Gasteiger partial charge in [0.25, 0.3) is 5.91 Å². The second-order valence-corrected chi connectivity index (χ2v) is 5.54. The second kappa shape index (κ2) is 8.47. The zero-order chi connectivity index (χ0) is 17.5. The molecule has 2 amide bonds. The summed E-state index contributed by atoms with van der Waals surface area (Å²) >= 11 is 5.92. The van der Waals surface area contributed by atoms with Crippen molar-refractivity contribution in [3.05, 3.63) is 46.7 Å². The molecule has 1 aromatic heterocycles. The third kappa shape index (κ3) is 5.07. The third-order valence-corrected chi connectivity index (χ3v) is 3.39. The number of hydrogen-bond donors (Lipinski definition) is 1. The summed E-state index contributed by atoms with van der Waals surface area (Å²) in [5.41, 5.74) is 0.406. The van der Waals surface area contributed by atoms with E-state index in [9.17, 15) is 9.59 Å². The van der Waals surface area contributed by atoms with E-state index in [4.69, 9.17) is 20.9 Å². The fourth-order valence-electron chi connectivity index (χ4n) is 2.04. The summed E-state index contributed by atoms with van der Waals surface area (Å²) < 4.78 is 9.89. The van der Waals surface area contributed by atoms with E-state index in [0.29, 0.717) is 28.8 Å². The van der Waals surface area contributed by atoms with Gasteiger partial charge in [0.15, 0.2) is 5.82 Å². The number of hydrogen-bond acceptors (Lipinski definition) is 5. The van der Waals surface area contributed by atoms with E-state index in [2.05, 4.69) is 10.5 Å². The van der Waals surface area contributed by atoms with Crippen LogP contribution in [0, 0.1) is 6.92 Å². The molecule has 1 N–H and O–H groups in total. The van der Waals surface area contributed by atoms with Gasteiger partial charge in [-0.1, -0.05) is 22.8 Å². The van der Waals surface area contributed by atoms with Crippen molar-refractivity contribution >= 4 is 29.2 Å². The van der Waals surface area contributed by atoms with Crippen molar-refractivity contribution in [1.82, 2.24) is 10.1 Å². The summed E-state index contributed by atoms with van der Waals surface area (Å²) in [6.45, 7) is 2.16. The Bertz CT molecular complexity index is 717. The van der Waals surface area contributed by atoms with Crippen molar-refractivity contribution in [2.24, 2.45) is 0 Å². The molecule has 0 unspecified atom stereocenters. The van der Waals surface area contributed by atoms with Crippen LogP contribution in [0.5, 0.6) is 0 Å². The fraction of sp³-hybridized carbons (Fsp3) is 0.312. The van der Waals surface area contributed by atoms with Crippen LogP contribution in [0.1, 0.15) is 16.1 Å². The van der Waals surface area contributed by atoms with Gasteiger partial charge in [0.2, 0.25) is 5.91 Å². The van der Waals surface area contributed by atoms with Crippen molar-refractivity contribution in [2.75, 3.05) is 32.1 Å². The first kappa shape index (κ1) is 18.0. The lowest BCUT2D eigenvalue weighted by molar-refractivity contribution is -0.117. The summed E-state index contributed by atoms with van der Waals surface area (Å²) in [4.78, 5) is 26.1. The number of rotatable bonds is 7. The lowest BCUT2D eigenvalue weighted by Gasteiger charge is -2.21. The number of carbonyl (C=O) groups excluding carboxylic acids is 2. The topological polar surface area (TPSA) is 84.7 Å². The largest absolute Gasteiger partial charge is 0.383 e. The van der Waals surface area contributed by atoms with Crippen LogP contribution in [-0.2, 0) is 9.53 Å². The summed E-state index contributed by atoms with van der Waals surface area (Å²) in [6.07, 6.45) is 0. The van der Waals surface area contributed by atoms with Gasteiger partial charge in [-0.15, -0.1) is 0 Å². The highest BCUT2D eigenvalue weighted by atomic mass is 35.5. The van der Waals surface area contributed by atoms with Crippen LogP contribution in [-0.4, -0.2) is 48.7 Å². The highest BCUT2D eigenvalue weighted by molar-refractivity contribution is 6.31. The number of nitrogens with one attached hydrogen (secondary N) is 1. The van der Waals surface area contributed by atoms with E-state index >= 15 is 0 Å². The molecule has 0 aliphatic rings. The van der Waals surface area contributed by atoms with Crippen LogP contribution >= 0.6 is 11.6 Å². The van der Waals surface area contributed by atoms with Gasteiger partial charge in [0.1, 0.15) is 12.3 Å². The van der Waals surface area contributed by atoms with E-state index in [0.717, 1.165) is 0 Å². The summed E-state index contributed by atoms with van der Waals surface area (Å²) in [5.74, 6) is 0.201. The molecule has 8 heteroatoms. The highest BCUT2D eigenvalue weighted by Gasteiger charge is 2.19. The molecule has 0 aliphatic carbocycles. The molecule has 128 valence electrons. The lowest BCUT2D eigenvalue weighted by Crippen LogP contribution is -2.40. The molecule has 0 bridgehead atoms. The highest BCUT2D eigenvalue weighted by Crippen LogP contribution is 2.13. The number of halogens is 1. The maximum atomic E-state index is 12.6. The molecule has 0 saturated carbocycles. The Balaban J connectivity index is 2.06. The Morgan fingerprint density at radius 3 is 2.79 bits per heavy atom. The summed E-state index contributed by atoms with van der Waals surface area (Å²) in [6, 6.07) is 8.16. The van der Waals surface area contributed by atoms with Crippen LogP contribution in [0.15, 0.2) is 34.9 Å². The Labute approximate surface area is 144 Å². The smallest absolute Gasteiger partial charge is 0.254 e. The first-order valence-electron chi connectivity index (χ1n) is 7.26. The van der Waals surface area contributed by atoms with Crippen molar-refractivity contribution in [2.45, 2.75) is 6.92 Å². The molecule has 2 aromatic rings. The van der Waals surface area contributed by atoms with Crippen LogP contribution < -0.4 is 5.32 Å². The van der Waals surface area contributed by atoms with E-state index in [1.54, 1.807) is 37.3 Å². The molecule has 0 fully saturated rings. The average molecular weight is 352 g/mol. The molecule has 7 nitrogen and oxygen atoms in total. The normalized spacial score (nSPS) is 10.5. The van der Waals surface area contributed by atoms with Crippen LogP contribution in [0.25, 0.3) is 0 Å². The van der Waals surface area contributed by atoms with Gasteiger partial charge in [-0.2, -0.15) is 0 Å². The predicted octanol–water partition coefficient (Wildman–Crippen LogP) is 2.36. The van der Waals surface area contributed by atoms with Gasteiger partial charge in [0, 0.05) is 30.3 Å². The molecular weight excluding hydrogens is 334 g/mol. The molecule has 0 atom stereocenters. The fourth-order valence-corrected chi connectivity index (χ4v) is 2.23. The first-order chi connectivity index (χ1) is 11.5. The number of anilines is 1. The number of methoxy groups -OCH3 is 1. The maximum Gasteiger partial charge on any atom is 0.254 e. The third-order valence-electron chi connectivity index (χ3n) is 3.15. The van der Waals surface area contributed by atoms with Gasteiger partial charge in [-0.05, 0) is 25.1 Å². The van der Waals surface area contributed by atoms with E-state index < -0.39 is 0 Å². The number of aryl methyl sites for hydroxylation is 1. The Morgan fingerprint density at radius 1 is 1.38 bits per heavy atom. The van der Waals surface area contributed by atoms with Gasteiger partial charge in [0.05, 0.1) is 6.61 Å². The Morgan fingerprint density at radius 2 is 2.17 bits per heavy atom. The van der Waals surface area contributed by atoms with Crippen LogP contribution in [0.4, 0.5) is 5.82 Å². The van der Waals surface area contributed by atoms with Gasteiger partial charge in [-0.3, -0.25) is 9.59 Å². The maximum absolute atomic E-state index is 12.6. The first-order valence-corrected chi connectivity index (χ1v) is 7.64. The molecule has 1 aromatic carbocycles. The number of amides is 2. The van der Waals surface area contributed by atoms with Crippen molar-refractivity contribution in [1.29, 1.82) is 0 Å². The SMILES string of the molecule is COCCN(CC(=O)Nc1cc(C)on1)C(=O)c1cccc(Cl)c1. The molecule has 0 saturated heterocycles. The Hall–Kier alpha value is -2.38. The zero-order valence-corrected chi connectivity index (χ0v) is 14.2. The van der Waals surface area contributed by atoms with Crippen molar-refractivity contribution in [3.8, 4) is 0 Å². The van der Waals surface area contributed by atoms with Gasteiger partial charge >= 0.3 is 0 Å². The quantitative estimate of drug-likeness (QED) is 0.827. The van der Waals surface area contributed by atoms with Crippen molar-refractivity contribution < 1.29 is 18.8 Å². The molecular formula is C16H18ClN3O4. The predicted molar refractivity (Wildman–Crippen MR) is 89.1 cm³/mol. The minimum absolute atomic E-state index is 0.138. The monoisotopic (exact) mass is 351 g/mol. The summed E-state index contributed by atoms with van der Waals surface area (Å²) in [7, 11) is 1.53.